The van der Waals surface area contributed by atoms with Gasteiger partial charge < -0.3 is 0 Å². The van der Waals surface area contributed by atoms with Crippen molar-refractivity contribution in [2.24, 2.45) is 34.5 Å². The number of hydrogen-bond donors (Lipinski definition) is 0. The van der Waals surface area contributed by atoms with Crippen molar-refractivity contribution in [2.45, 2.75) is 66.2 Å². The van der Waals surface area contributed by atoms with Crippen LogP contribution in [0.1, 0.15) is 66.2 Å². The molecule has 2 fully saturated rings. The van der Waals surface area contributed by atoms with Crippen LogP contribution < -0.4 is 0 Å². The Balaban J connectivity index is 1.78. The van der Waals surface area contributed by atoms with E-state index in [1.165, 1.54) is 12.0 Å². The molecule has 0 amide bonds. The maximum absolute atomic E-state index is 12.2. The van der Waals surface area contributed by atoms with Crippen LogP contribution in [-0.2, 0) is 9.59 Å². The third-order valence-corrected chi connectivity index (χ3v) is 8.15. The maximum atomic E-state index is 12.2. The summed E-state index contributed by atoms with van der Waals surface area (Å²) in [5, 5.41) is 0. The molecule has 130 valence electrons. The molecule has 2 nitrogen and oxygen atoms in total. The Labute approximate surface area is 145 Å². The quantitative estimate of drug-likeness (QED) is 0.643. The van der Waals surface area contributed by atoms with Crippen molar-refractivity contribution >= 4 is 11.6 Å². The number of carbonyl (C=O) groups is 2. The van der Waals surface area contributed by atoms with E-state index in [1.54, 1.807) is 12.5 Å². The summed E-state index contributed by atoms with van der Waals surface area (Å²) in [6, 6.07) is 0. The largest absolute Gasteiger partial charge is 0.300 e. The number of carbonyl (C=O) groups excluding carboxylic acids is 2. The first-order valence-electron chi connectivity index (χ1n) is 9.73. The lowest BCUT2D eigenvalue weighted by molar-refractivity contribution is -0.124. The van der Waals surface area contributed by atoms with Gasteiger partial charge in [0.25, 0.3) is 0 Å². The number of hydrogen-bond acceptors (Lipinski definition) is 2. The Kier molecular flexibility index (Phi) is 3.50. The maximum Gasteiger partial charge on any atom is 0.155 e. The molecule has 0 saturated heterocycles. The lowest BCUT2D eigenvalue weighted by Crippen LogP contribution is -2.47. The van der Waals surface area contributed by atoms with Crippen molar-refractivity contribution in [1.82, 2.24) is 0 Å². The lowest BCUT2D eigenvalue weighted by atomic mass is 9.49. The molecule has 2 saturated carbocycles. The van der Waals surface area contributed by atoms with E-state index in [-0.39, 0.29) is 16.7 Å². The molecule has 0 spiro atoms. The molecule has 0 aromatic heterocycles. The van der Waals surface area contributed by atoms with E-state index in [0.29, 0.717) is 35.7 Å². The van der Waals surface area contributed by atoms with Gasteiger partial charge in [0.05, 0.1) is 0 Å². The van der Waals surface area contributed by atoms with Gasteiger partial charge in [-0.25, -0.2) is 0 Å². The van der Waals surface area contributed by atoms with E-state index in [4.69, 9.17) is 0 Å². The van der Waals surface area contributed by atoms with Crippen LogP contribution in [0.4, 0.5) is 0 Å². The summed E-state index contributed by atoms with van der Waals surface area (Å²) in [5.41, 5.74) is 3.23. The monoisotopic (exact) mass is 326 g/mol. The molecule has 0 N–H and O–H groups in total. The van der Waals surface area contributed by atoms with Crippen LogP contribution in [0, 0.1) is 34.5 Å². The zero-order valence-corrected chi connectivity index (χ0v) is 15.5. The first-order valence-corrected chi connectivity index (χ1v) is 9.73. The molecular formula is C22H30O2. The minimum Gasteiger partial charge on any atom is -0.300 e. The minimum absolute atomic E-state index is 0.0892. The van der Waals surface area contributed by atoms with Crippen molar-refractivity contribution in [3.05, 3.63) is 23.3 Å². The van der Waals surface area contributed by atoms with E-state index in [9.17, 15) is 9.59 Å². The number of Topliss-reactive ketones (excluding diaryl/α,β-unsaturated/α-hetero) is 1. The van der Waals surface area contributed by atoms with Crippen LogP contribution in [0.2, 0.25) is 0 Å². The first kappa shape index (κ1) is 16.3. The highest BCUT2D eigenvalue weighted by molar-refractivity contribution is 5.92. The Bertz CT molecular complexity index is 669. The van der Waals surface area contributed by atoms with Crippen LogP contribution in [0.5, 0.6) is 0 Å². The molecule has 0 aromatic rings. The zero-order chi connectivity index (χ0) is 17.3. The molecule has 2 heteroatoms. The fourth-order valence-electron chi connectivity index (χ4n) is 6.94. The number of rotatable bonds is 1. The SMILES string of the molecule is CC(=O)[C@H]1CC[C@H]2[C@@H]3C[C@H](C)C4=CC(=O)CC[C@]4(C)C3=CC[C@]12C. The molecule has 0 unspecified atom stereocenters. The molecule has 4 aliphatic rings. The summed E-state index contributed by atoms with van der Waals surface area (Å²) in [6.07, 6.45) is 10.6. The molecule has 4 rings (SSSR count). The number of allylic oxidation sites excluding steroid dienone is 4. The summed E-state index contributed by atoms with van der Waals surface area (Å²) in [5.74, 6) is 2.68. The summed E-state index contributed by atoms with van der Waals surface area (Å²) >= 11 is 0. The predicted molar refractivity (Wildman–Crippen MR) is 95.4 cm³/mol. The van der Waals surface area contributed by atoms with Gasteiger partial charge in [-0.1, -0.05) is 38.0 Å². The smallest absolute Gasteiger partial charge is 0.155 e. The van der Waals surface area contributed by atoms with Gasteiger partial charge in [0.15, 0.2) is 5.78 Å². The van der Waals surface area contributed by atoms with E-state index >= 15 is 0 Å². The lowest BCUT2D eigenvalue weighted by Gasteiger charge is -2.55. The Hall–Kier alpha value is -1.18. The van der Waals surface area contributed by atoms with Crippen LogP contribution in [-0.4, -0.2) is 11.6 Å². The van der Waals surface area contributed by atoms with E-state index in [2.05, 4.69) is 26.8 Å². The van der Waals surface area contributed by atoms with Crippen LogP contribution in [0.25, 0.3) is 0 Å². The highest BCUT2D eigenvalue weighted by Crippen LogP contribution is 2.65. The number of fused-ring (bicyclic) bond motifs is 5. The van der Waals surface area contributed by atoms with Gasteiger partial charge in [-0.3, -0.25) is 9.59 Å². The Morgan fingerprint density at radius 2 is 1.96 bits per heavy atom. The average molecular weight is 326 g/mol. The second kappa shape index (κ2) is 5.16. The van der Waals surface area contributed by atoms with Gasteiger partial charge in [-0.2, -0.15) is 0 Å². The fraction of sp³-hybridized carbons (Fsp3) is 0.727. The summed E-state index contributed by atoms with van der Waals surface area (Å²) in [7, 11) is 0. The standard InChI is InChI=1S/C22H30O2/c1-13-11-16-18-6-5-17(14(2)23)21(18,3)10-8-19(16)22(4)9-7-15(24)12-20(13)22/h8,12-13,16-18H,5-7,9-11H2,1-4H3/t13-,16-,17+,18-,21+,22+/m0/s1. The topological polar surface area (TPSA) is 34.1 Å². The summed E-state index contributed by atoms with van der Waals surface area (Å²) < 4.78 is 0. The Morgan fingerprint density at radius 1 is 1.21 bits per heavy atom. The van der Waals surface area contributed by atoms with Crippen molar-refractivity contribution in [1.29, 1.82) is 0 Å². The molecule has 0 heterocycles. The highest BCUT2D eigenvalue weighted by Gasteiger charge is 2.57. The van der Waals surface area contributed by atoms with Crippen molar-refractivity contribution < 1.29 is 9.59 Å². The molecular weight excluding hydrogens is 296 g/mol. The van der Waals surface area contributed by atoms with Gasteiger partial charge in [-0.15, -0.1) is 0 Å². The summed E-state index contributed by atoms with van der Waals surface area (Å²) in [6.45, 7) is 8.84. The molecule has 0 aromatic carbocycles. The third kappa shape index (κ3) is 2.01. The zero-order valence-electron chi connectivity index (χ0n) is 15.5. The first-order chi connectivity index (χ1) is 11.3. The average Bonchev–Trinajstić information content (AvgIpc) is 2.87. The second-order valence-corrected chi connectivity index (χ2v) is 9.36. The third-order valence-electron chi connectivity index (χ3n) is 8.15. The minimum atomic E-state index is 0.0892. The molecule has 4 aliphatic carbocycles. The van der Waals surface area contributed by atoms with Crippen LogP contribution in [0.15, 0.2) is 23.3 Å². The second-order valence-electron chi connectivity index (χ2n) is 9.36. The van der Waals surface area contributed by atoms with Crippen LogP contribution >= 0.6 is 0 Å². The summed E-state index contributed by atoms with van der Waals surface area (Å²) in [4.78, 5) is 24.2. The predicted octanol–water partition coefficient (Wildman–Crippen LogP) is 4.89. The molecule has 6 atom stereocenters. The highest BCUT2D eigenvalue weighted by atomic mass is 16.1. The molecule has 0 aliphatic heterocycles. The molecule has 0 radical (unpaired) electrons. The molecule has 0 bridgehead atoms. The van der Waals surface area contributed by atoms with Crippen molar-refractivity contribution in [2.75, 3.05) is 0 Å². The van der Waals surface area contributed by atoms with Gasteiger partial charge in [0, 0.05) is 17.8 Å². The van der Waals surface area contributed by atoms with Crippen molar-refractivity contribution in [3.8, 4) is 0 Å². The van der Waals surface area contributed by atoms with Gasteiger partial charge in [0.2, 0.25) is 0 Å². The Morgan fingerprint density at radius 3 is 2.67 bits per heavy atom. The van der Waals surface area contributed by atoms with Gasteiger partial charge >= 0.3 is 0 Å². The van der Waals surface area contributed by atoms with E-state index in [0.717, 1.165) is 25.7 Å². The van der Waals surface area contributed by atoms with Crippen LogP contribution in [0.3, 0.4) is 0 Å². The van der Waals surface area contributed by atoms with E-state index in [1.807, 2.05) is 6.08 Å². The normalized spacial score (nSPS) is 47.2. The molecule has 24 heavy (non-hydrogen) atoms. The fourth-order valence-corrected chi connectivity index (χ4v) is 6.94. The van der Waals surface area contributed by atoms with Gasteiger partial charge in [0.1, 0.15) is 5.78 Å². The number of ketones is 2. The van der Waals surface area contributed by atoms with Gasteiger partial charge in [-0.05, 0) is 68.3 Å². The van der Waals surface area contributed by atoms with Crippen molar-refractivity contribution in [3.63, 3.8) is 0 Å². The van der Waals surface area contributed by atoms with E-state index < -0.39 is 0 Å².